The SMILES string of the molecule is C=CCCCCC[C@H](NC(=O)OC(C)(C)C)C(=O)N1C[C@@H](S(=O)(=O)c2ccc([N+](=O)[O-])cc2)C[C@H]1C(=O)N[C@]1(C(=O)OC)C[C@H]1C=C. The van der Waals surface area contributed by atoms with Gasteiger partial charge in [-0.05, 0) is 65.0 Å². The largest absolute Gasteiger partial charge is 0.467 e. The summed E-state index contributed by atoms with van der Waals surface area (Å²) in [4.78, 5) is 64.9. The third-order valence-electron chi connectivity index (χ3n) is 8.25. The molecule has 0 spiro atoms. The molecule has 2 aliphatic rings. The van der Waals surface area contributed by atoms with E-state index in [1.54, 1.807) is 26.8 Å². The zero-order valence-electron chi connectivity index (χ0n) is 27.2. The lowest BCUT2D eigenvalue weighted by atomic mass is 10.0. The van der Waals surface area contributed by atoms with Crippen LogP contribution in [0.2, 0.25) is 0 Å². The molecule has 3 amide bonds. The normalized spacial score (nSPS) is 22.8. The van der Waals surface area contributed by atoms with Crippen LogP contribution in [0.1, 0.15) is 65.7 Å². The van der Waals surface area contributed by atoms with Crippen molar-refractivity contribution >= 4 is 39.4 Å². The molecule has 0 bridgehead atoms. The number of unbranched alkanes of at least 4 members (excludes halogenated alkanes) is 3. The molecule has 1 aromatic rings. The summed E-state index contributed by atoms with van der Waals surface area (Å²) in [5.74, 6) is -2.59. The van der Waals surface area contributed by atoms with Gasteiger partial charge in [0.05, 0.1) is 22.2 Å². The number of hydrogen-bond acceptors (Lipinski definition) is 10. The van der Waals surface area contributed by atoms with E-state index in [9.17, 15) is 37.7 Å². The number of nitrogens with zero attached hydrogens (tertiary/aromatic N) is 2. The van der Waals surface area contributed by atoms with Gasteiger partial charge in [0.25, 0.3) is 5.69 Å². The quantitative estimate of drug-likeness (QED) is 0.0912. The Morgan fingerprint density at radius 2 is 1.81 bits per heavy atom. The van der Waals surface area contributed by atoms with Gasteiger partial charge in [0, 0.05) is 24.6 Å². The predicted molar refractivity (Wildman–Crippen MR) is 172 cm³/mol. The number of alkyl carbamates (subject to hydrolysis) is 1. The number of allylic oxidation sites excluding steroid dienone is 1. The molecule has 2 N–H and O–H groups in total. The van der Waals surface area contributed by atoms with Crippen molar-refractivity contribution in [3.8, 4) is 0 Å². The first kappa shape index (κ1) is 37.2. The van der Waals surface area contributed by atoms with Crippen molar-refractivity contribution in [1.82, 2.24) is 15.5 Å². The second-order valence-corrected chi connectivity index (χ2v) is 15.0. The van der Waals surface area contributed by atoms with Gasteiger partial charge in [0.1, 0.15) is 23.2 Å². The van der Waals surface area contributed by atoms with Crippen molar-refractivity contribution in [3.05, 3.63) is 59.7 Å². The van der Waals surface area contributed by atoms with Gasteiger partial charge in [0.15, 0.2) is 9.84 Å². The van der Waals surface area contributed by atoms with E-state index >= 15 is 0 Å². The van der Waals surface area contributed by atoms with E-state index in [0.29, 0.717) is 6.42 Å². The second kappa shape index (κ2) is 15.1. The smallest absolute Gasteiger partial charge is 0.408 e. The number of benzene rings is 1. The van der Waals surface area contributed by atoms with Crippen LogP contribution in [0.4, 0.5) is 10.5 Å². The van der Waals surface area contributed by atoms with Gasteiger partial charge >= 0.3 is 12.1 Å². The number of amides is 3. The molecule has 0 radical (unpaired) electrons. The summed E-state index contributed by atoms with van der Waals surface area (Å²) >= 11 is 0. The van der Waals surface area contributed by atoms with Gasteiger partial charge in [0.2, 0.25) is 11.8 Å². The standard InChI is InChI=1S/C32H44N4O10S/c1-7-9-10-11-12-13-25(33-30(40)46-31(3,4)5)28(38)35-20-24(47(43,44)23-16-14-22(15-17-23)36(41)42)18-26(35)27(37)34-32(29(39)45-6)19-21(32)8-2/h7-8,14-17,21,24-26H,1-2,9-13,18-20H2,3-6H3,(H,33,40)(H,34,37)/t21-,24+,25+,26+,32-/m1/s1. The molecule has 0 aromatic heterocycles. The Morgan fingerprint density at radius 3 is 2.34 bits per heavy atom. The lowest BCUT2D eigenvalue weighted by Crippen LogP contribution is -2.56. The van der Waals surface area contributed by atoms with Crippen molar-refractivity contribution < 1.29 is 42.0 Å². The van der Waals surface area contributed by atoms with Gasteiger partial charge in [-0.25, -0.2) is 18.0 Å². The fourth-order valence-electron chi connectivity index (χ4n) is 5.67. The highest BCUT2D eigenvalue weighted by atomic mass is 32.2. The molecule has 15 heteroatoms. The van der Waals surface area contributed by atoms with Crippen LogP contribution in [0.5, 0.6) is 0 Å². The average Bonchev–Trinajstić information content (AvgIpc) is 3.52. The highest BCUT2D eigenvalue weighted by molar-refractivity contribution is 7.92. The Hall–Kier alpha value is -4.27. The van der Waals surface area contributed by atoms with E-state index in [2.05, 4.69) is 23.8 Å². The summed E-state index contributed by atoms with van der Waals surface area (Å²) in [7, 11) is -3.03. The first-order chi connectivity index (χ1) is 22.0. The van der Waals surface area contributed by atoms with E-state index in [1.807, 2.05) is 0 Å². The average molecular weight is 677 g/mol. The number of ether oxygens (including phenoxy) is 2. The summed E-state index contributed by atoms with van der Waals surface area (Å²) in [6, 6.07) is 1.84. The van der Waals surface area contributed by atoms with E-state index in [-0.39, 0.29) is 29.8 Å². The number of sulfone groups is 1. The Bertz CT molecular complexity index is 1490. The fourth-order valence-corrected chi connectivity index (χ4v) is 7.37. The number of carbonyl (C=O) groups is 4. The number of non-ortho nitro benzene ring substituents is 1. The van der Waals surface area contributed by atoms with E-state index < -0.39 is 79.6 Å². The molecule has 3 rings (SSSR count). The van der Waals surface area contributed by atoms with E-state index in [1.165, 1.54) is 13.2 Å². The van der Waals surface area contributed by atoms with Gasteiger partial charge < -0.3 is 25.0 Å². The van der Waals surface area contributed by atoms with Crippen molar-refractivity contribution in [1.29, 1.82) is 0 Å². The molecule has 14 nitrogen and oxygen atoms in total. The van der Waals surface area contributed by atoms with Crippen LogP contribution in [0, 0.1) is 16.0 Å². The maximum absolute atomic E-state index is 14.2. The molecule has 47 heavy (non-hydrogen) atoms. The molecule has 0 unspecified atom stereocenters. The zero-order valence-corrected chi connectivity index (χ0v) is 28.0. The molecule has 5 atom stereocenters. The number of likely N-dealkylation sites (tertiary alicyclic amines) is 1. The van der Waals surface area contributed by atoms with Gasteiger partial charge in [-0.3, -0.25) is 19.7 Å². The zero-order chi connectivity index (χ0) is 35.2. The molecular weight excluding hydrogens is 632 g/mol. The number of rotatable bonds is 15. The third-order valence-corrected chi connectivity index (χ3v) is 10.4. The lowest BCUT2D eigenvalue weighted by molar-refractivity contribution is -0.384. The van der Waals surface area contributed by atoms with Crippen LogP contribution in [0.25, 0.3) is 0 Å². The number of hydrogen-bond donors (Lipinski definition) is 2. The van der Waals surface area contributed by atoms with Crippen molar-refractivity contribution in [2.75, 3.05) is 13.7 Å². The maximum Gasteiger partial charge on any atom is 0.408 e. The topological polar surface area (TPSA) is 191 Å². The Labute approximate surface area is 275 Å². The highest BCUT2D eigenvalue weighted by Crippen LogP contribution is 2.45. The monoisotopic (exact) mass is 676 g/mol. The summed E-state index contributed by atoms with van der Waals surface area (Å²) in [6.45, 7) is 12.0. The van der Waals surface area contributed by atoms with Crippen LogP contribution in [-0.4, -0.2) is 84.2 Å². The number of esters is 1. The van der Waals surface area contributed by atoms with Crippen LogP contribution in [-0.2, 0) is 33.7 Å². The van der Waals surface area contributed by atoms with Crippen molar-refractivity contribution in [3.63, 3.8) is 0 Å². The van der Waals surface area contributed by atoms with E-state index in [4.69, 9.17) is 9.47 Å². The van der Waals surface area contributed by atoms with Crippen molar-refractivity contribution in [2.45, 2.75) is 99.1 Å². The molecular formula is C32H44N4O10S. The molecule has 1 saturated heterocycles. The minimum Gasteiger partial charge on any atom is -0.467 e. The van der Waals surface area contributed by atoms with Crippen LogP contribution >= 0.6 is 0 Å². The number of nitro groups is 1. The molecule has 1 heterocycles. The summed E-state index contributed by atoms with van der Waals surface area (Å²) < 4.78 is 37.8. The summed E-state index contributed by atoms with van der Waals surface area (Å²) in [5, 5.41) is 15.1. The second-order valence-electron chi connectivity index (χ2n) is 12.8. The number of nitro benzene ring substituents is 1. The van der Waals surface area contributed by atoms with Crippen LogP contribution < -0.4 is 10.6 Å². The number of carbonyl (C=O) groups excluding carboxylic acids is 4. The Kier molecular flexibility index (Phi) is 11.9. The molecule has 258 valence electrons. The molecule has 1 aromatic carbocycles. The minimum absolute atomic E-state index is 0.185. The maximum atomic E-state index is 14.2. The van der Waals surface area contributed by atoms with Gasteiger partial charge in [-0.15, -0.1) is 13.2 Å². The molecule has 2 fully saturated rings. The van der Waals surface area contributed by atoms with Crippen LogP contribution in [0.3, 0.4) is 0 Å². The van der Waals surface area contributed by atoms with Gasteiger partial charge in [-0.1, -0.05) is 25.0 Å². The highest BCUT2D eigenvalue weighted by Gasteiger charge is 2.62. The molecule has 1 aliphatic heterocycles. The Balaban J connectivity index is 1.97. The third kappa shape index (κ3) is 8.96. The fraction of sp³-hybridized carbons (Fsp3) is 0.562. The van der Waals surface area contributed by atoms with E-state index in [0.717, 1.165) is 48.4 Å². The van der Waals surface area contributed by atoms with Gasteiger partial charge in [-0.2, -0.15) is 0 Å². The Morgan fingerprint density at radius 1 is 1.15 bits per heavy atom. The lowest BCUT2D eigenvalue weighted by Gasteiger charge is -2.30. The van der Waals surface area contributed by atoms with Crippen molar-refractivity contribution in [2.24, 2.45) is 5.92 Å². The summed E-state index contributed by atoms with van der Waals surface area (Å²) in [5.41, 5.74) is -2.57. The number of methoxy groups -OCH3 is 1. The van der Waals surface area contributed by atoms with Crippen LogP contribution in [0.15, 0.2) is 54.5 Å². The molecule has 1 aliphatic carbocycles. The summed E-state index contributed by atoms with van der Waals surface area (Å²) in [6.07, 6.45) is 5.32. The minimum atomic E-state index is -4.20. The predicted octanol–water partition coefficient (Wildman–Crippen LogP) is 3.60. The number of nitrogens with one attached hydrogen (secondary N) is 2. The first-order valence-corrected chi connectivity index (χ1v) is 17.0. The molecule has 1 saturated carbocycles. The first-order valence-electron chi connectivity index (χ1n) is 15.4.